The highest BCUT2D eigenvalue weighted by Crippen LogP contribution is 2.21. The van der Waals surface area contributed by atoms with Gasteiger partial charge in [-0.2, -0.15) is 4.68 Å². The smallest absolute Gasteiger partial charge is 0.410 e. The number of tetrazole rings is 1. The van der Waals surface area contributed by atoms with E-state index in [1.165, 1.54) is 0 Å². The Bertz CT molecular complexity index is 807. The van der Waals surface area contributed by atoms with Crippen LogP contribution < -0.4 is 0 Å². The molecule has 0 radical (unpaired) electrons. The monoisotopic (exact) mass is 387 g/mol. The number of hydrogen-bond acceptors (Lipinski definition) is 7. The fourth-order valence-corrected chi connectivity index (χ4v) is 2.94. The van der Waals surface area contributed by atoms with Gasteiger partial charge in [0.25, 0.3) is 0 Å². The van der Waals surface area contributed by atoms with E-state index in [2.05, 4.69) is 15.5 Å². The summed E-state index contributed by atoms with van der Waals surface area (Å²) in [5, 5.41) is 11.5. The lowest BCUT2D eigenvalue weighted by atomic mass is 9.97. The lowest BCUT2D eigenvalue weighted by Gasteiger charge is -2.32. The topological polar surface area (TPSA) is 99.4 Å². The zero-order valence-corrected chi connectivity index (χ0v) is 16.4. The number of ether oxygens (including phenoxy) is 2. The Morgan fingerprint density at radius 2 is 1.82 bits per heavy atom. The molecule has 0 atom stereocenters. The van der Waals surface area contributed by atoms with Gasteiger partial charge in [0.15, 0.2) is 12.4 Å². The number of rotatable bonds is 4. The first kappa shape index (κ1) is 19.8. The maximum absolute atomic E-state index is 12.4. The molecule has 1 aromatic heterocycles. The van der Waals surface area contributed by atoms with Crippen LogP contribution in [0.15, 0.2) is 30.3 Å². The number of carbonyl (C=O) groups is 2. The average molecular weight is 387 g/mol. The molecule has 2 heterocycles. The predicted molar refractivity (Wildman–Crippen MR) is 99.5 cm³/mol. The van der Waals surface area contributed by atoms with Crippen molar-refractivity contribution in [2.45, 2.75) is 45.8 Å². The van der Waals surface area contributed by atoms with Crippen LogP contribution in [0.3, 0.4) is 0 Å². The fourth-order valence-electron chi connectivity index (χ4n) is 2.94. The lowest BCUT2D eigenvalue weighted by molar-refractivity contribution is -0.151. The molecule has 0 bridgehead atoms. The minimum absolute atomic E-state index is 0.00694. The van der Waals surface area contributed by atoms with Crippen LogP contribution in [0, 0.1) is 5.92 Å². The number of benzene rings is 1. The van der Waals surface area contributed by atoms with Crippen LogP contribution in [-0.2, 0) is 20.9 Å². The zero-order chi connectivity index (χ0) is 20.1. The van der Waals surface area contributed by atoms with E-state index in [9.17, 15) is 9.59 Å². The quantitative estimate of drug-likeness (QED) is 0.743. The van der Waals surface area contributed by atoms with Crippen molar-refractivity contribution in [2.75, 3.05) is 13.1 Å². The molecule has 1 fully saturated rings. The summed E-state index contributed by atoms with van der Waals surface area (Å²) in [7, 11) is 0. The van der Waals surface area contributed by atoms with Gasteiger partial charge in [-0.05, 0) is 56.2 Å². The highest BCUT2D eigenvalue weighted by Gasteiger charge is 2.31. The van der Waals surface area contributed by atoms with Crippen molar-refractivity contribution >= 4 is 12.1 Å². The molecule has 0 spiro atoms. The van der Waals surface area contributed by atoms with Gasteiger partial charge in [0.1, 0.15) is 5.60 Å². The molecule has 2 aromatic rings. The van der Waals surface area contributed by atoms with Crippen molar-refractivity contribution in [3.05, 3.63) is 36.2 Å². The van der Waals surface area contributed by atoms with Crippen LogP contribution in [0.1, 0.15) is 39.4 Å². The van der Waals surface area contributed by atoms with Gasteiger partial charge in [0.05, 0.1) is 11.6 Å². The second-order valence-electron chi connectivity index (χ2n) is 7.69. The van der Waals surface area contributed by atoms with Crippen molar-refractivity contribution in [1.82, 2.24) is 25.1 Å². The van der Waals surface area contributed by atoms with Crippen LogP contribution >= 0.6 is 0 Å². The highest BCUT2D eigenvalue weighted by molar-refractivity contribution is 5.73. The predicted octanol–water partition coefficient (Wildman–Crippen LogP) is 2.35. The van der Waals surface area contributed by atoms with Crippen molar-refractivity contribution in [3.63, 3.8) is 0 Å². The van der Waals surface area contributed by atoms with E-state index in [0.717, 1.165) is 5.69 Å². The highest BCUT2D eigenvalue weighted by atomic mass is 16.6. The molecular weight excluding hydrogens is 362 g/mol. The number of nitrogens with zero attached hydrogens (tertiary/aromatic N) is 5. The summed E-state index contributed by atoms with van der Waals surface area (Å²) >= 11 is 0. The van der Waals surface area contributed by atoms with Crippen LogP contribution in [-0.4, -0.2) is 55.9 Å². The number of carbonyl (C=O) groups excluding carboxylic acids is 2. The van der Waals surface area contributed by atoms with Gasteiger partial charge >= 0.3 is 12.1 Å². The number of likely N-dealkylation sites (tertiary alicyclic amines) is 1. The number of aromatic nitrogens is 4. The van der Waals surface area contributed by atoms with Crippen LogP contribution in [0.2, 0.25) is 0 Å². The Labute approximate surface area is 163 Å². The van der Waals surface area contributed by atoms with E-state index in [1.54, 1.807) is 9.58 Å². The van der Waals surface area contributed by atoms with Crippen molar-refractivity contribution in [2.24, 2.45) is 5.92 Å². The number of para-hydroxylation sites is 1. The number of hydrogen-bond donors (Lipinski definition) is 0. The van der Waals surface area contributed by atoms with E-state index in [-0.39, 0.29) is 24.6 Å². The minimum atomic E-state index is -0.532. The Balaban J connectivity index is 1.50. The summed E-state index contributed by atoms with van der Waals surface area (Å²) in [5.74, 6) is -0.100. The third kappa shape index (κ3) is 5.05. The molecule has 0 N–H and O–H groups in total. The molecule has 1 saturated heterocycles. The molecule has 0 aliphatic carbocycles. The third-order valence-electron chi connectivity index (χ3n) is 4.36. The minimum Gasteiger partial charge on any atom is -0.457 e. The Hall–Kier alpha value is -2.97. The van der Waals surface area contributed by atoms with Gasteiger partial charge in [0, 0.05) is 13.1 Å². The van der Waals surface area contributed by atoms with Crippen molar-refractivity contribution in [1.29, 1.82) is 0 Å². The molecule has 9 nitrogen and oxygen atoms in total. The van der Waals surface area contributed by atoms with E-state index >= 15 is 0 Å². The SMILES string of the molecule is CC(C)(C)OC(=O)N1CCC(C(=O)OCc2nnnn2-c2ccccc2)CC1. The molecule has 1 aliphatic heterocycles. The molecule has 3 rings (SSSR count). The van der Waals surface area contributed by atoms with Gasteiger partial charge in [-0.25, -0.2) is 4.79 Å². The van der Waals surface area contributed by atoms with Crippen molar-refractivity contribution in [3.8, 4) is 5.69 Å². The number of piperidine rings is 1. The van der Waals surface area contributed by atoms with Gasteiger partial charge in [-0.3, -0.25) is 4.79 Å². The summed E-state index contributed by atoms with van der Waals surface area (Å²) in [6.07, 6.45) is 0.741. The summed E-state index contributed by atoms with van der Waals surface area (Å²) in [4.78, 5) is 26.1. The van der Waals surface area contributed by atoms with Crippen LogP contribution in [0.25, 0.3) is 5.69 Å². The molecule has 28 heavy (non-hydrogen) atoms. The second kappa shape index (κ2) is 8.37. The summed E-state index contributed by atoms with van der Waals surface area (Å²) < 4.78 is 12.3. The van der Waals surface area contributed by atoms with E-state index < -0.39 is 5.60 Å². The van der Waals surface area contributed by atoms with E-state index in [0.29, 0.717) is 31.8 Å². The Kier molecular flexibility index (Phi) is 5.91. The standard InChI is InChI=1S/C19H25N5O4/c1-19(2,3)28-18(26)23-11-9-14(10-12-23)17(25)27-13-16-20-21-22-24(16)15-7-5-4-6-8-15/h4-8,14H,9-13H2,1-3H3. The van der Waals surface area contributed by atoms with E-state index in [1.807, 2.05) is 51.1 Å². The molecule has 1 aromatic carbocycles. The lowest BCUT2D eigenvalue weighted by Crippen LogP contribution is -2.43. The van der Waals surface area contributed by atoms with Gasteiger partial charge < -0.3 is 14.4 Å². The largest absolute Gasteiger partial charge is 0.457 e. The van der Waals surface area contributed by atoms with Gasteiger partial charge in [-0.15, -0.1) is 5.10 Å². The Morgan fingerprint density at radius 1 is 1.14 bits per heavy atom. The molecule has 1 amide bonds. The van der Waals surface area contributed by atoms with Gasteiger partial charge in [0.2, 0.25) is 0 Å². The molecule has 150 valence electrons. The summed E-state index contributed by atoms with van der Waals surface area (Å²) in [6, 6.07) is 9.40. The Morgan fingerprint density at radius 3 is 2.46 bits per heavy atom. The van der Waals surface area contributed by atoms with Gasteiger partial charge in [-0.1, -0.05) is 18.2 Å². The third-order valence-corrected chi connectivity index (χ3v) is 4.36. The number of amides is 1. The van der Waals surface area contributed by atoms with E-state index in [4.69, 9.17) is 9.47 Å². The fraction of sp³-hybridized carbons (Fsp3) is 0.526. The van der Waals surface area contributed by atoms with Crippen molar-refractivity contribution < 1.29 is 19.1 Å². The molecule has 0 saturated carbocycles. The first-order chi connectivity index (χ1) is 13.3. The first-order valence-corrected chi connectivity index (χ1v) is 9.31. The molecule has 9 heteroatoms. The number of esters is 1. The summed E-state index contributed by atoms with van der Waals surface area (Å²) in [5.41, 5.74) is 0.263. The average Bonchev–Trinajstić information content (AvgIpc) is 3.14. The first-order valence-electron chi connectivity index (χ1n) is 9.31. The van der Waals surface area contributed by atoms with Crippen LogP contribution in [0.4, 0.5) is 4.79 Å². The molecular formula is C19H25N5O4. The molecule has 0 unspecified atom stereocenters. The normalized spacial score (nSPS) is 15.3. The summed E-state index contributed by atoms with van der Waals surface area (Å²) in [6.45, 7) is 6.42. The zero-order valence-electron chi connectivity index (χ0n) is 16.4. The van der Waals surface area contributed by atoms with Crippen LogP contribution in [0.5, 0.6) is 0 Å². The maximum atomic E-state index is 12.4. The maximum Gasteiger partial charge on any atom is 0.410 e. The molecule has 1 aliphatic rings. The second-order valence-corrected chi connectivity index (χ2v) is 7.69.